The van der Waals surface area contributed by atoms with E-state index < -0.39 is 73.4 Å². The molecule has 0 saturated heterocycles. The molecule has 5 atom stereocenters. The highest BCUT2D eigenvalue weighted by molar-refractivity contribution is 5.69. The fourth-order valence-electron chi connectivity index (χ4n) is 2.01. The number of hydrogen-bond donors (Lipinski definition) is 0. The second-order valence-electron chi connectivity index (χ2n) is 5.71. The van der Waals surface area contributed by atoms with Crippen molar-refractivity contribution in [2.75, 3.05) is 13.1 Å². The third-order valence-corrected chi connectivity index (χ3v) is 2.83. The predicted molar refractivity (Wildman–Crippen MR) is 95.5 cm³/mol. The lowest BCUT2D eigenvalue weighted by molar-refractivity contribution is -0.206. The van der Waals surface area contributed by atoms with Crippen LogP contribution in [-0.2, 0) is 57.2 Å². The van der Waals surface area contributed by atoms with Crippen LogP contribution in [0.1, 0.15) is 45.7 Å². The Morgan fingerprint density at radius 1 is 0.567 bits per heavy atom. The zero-order chi connectivity index (χ0) is 26.1. The minimum Gasteiger partial charge on any atom is -0.462 e. The molecule has 0 aromatic carbocycles. The fourth-order valence-corrected chi connectivity index (χ4v) is 2.01. The van der Waals surface area contributed by atoms with Crippen molar-refractivity contribution in [2.24, 2.45) is 0 Å². The van der Waals surface area contributed by atoms with Crippen molar-refractivity contribution in [2.45, 2.75) is 66.0 Å². The lowest BCUT2D eigenvalue weighted by Gasteiger charge is -2.35. The monoisotopic (exact) mass is 437 g/mol. The second-order valence-corrected chi connectivity index (χ2v) is 5.71. The molecule has 0 bridgehead atoms. The van der Waals surface area contributed by atoms with E-state index in [1.807, 2.05) is 0 Å². The first-order valence-corrected chi connectivity index (χ1v) is 8.45. The van der Waals surface area contributed by atoms with Gasteiger partial charge >= 0.3 is 35.8 Å². The van der Waals surface area contributed by atoms with Crippen LogP contribution in [0.4, 0.5) is 0 Å². The number of esters is 6. The van der Waals surface area contributed by atoms with Crippen LogP contribution in [0.25, 0.3) is 0 Å². The maximum absolute atomic E-state index is 11.8. The first-order chi connectivity index (χ1) is 15.0. The molecule has 1 unspecified atom stereocenters. The van der Waals surface area contributed by atoms with Crippen LogP contribution in [0, 0.1) is 0 Å². The molecule has 0 aromatic rings. The van der Waals surface area contributed by atoms with Gasteiger partial charge in [0, 0.05) is 41.5 Å². The maximum Gasteiger partial charge on any atom is 0.303 e. The molecule has 12 nitrogen and oxygen atoms in total. The van der Waals surface area contributed by atoms with Crippen LogP contribution >= 0.6 is 0 Å². The van der Waals surface area contributed by atoms with Crippen molar-refractivity contribution >= 4 is 35.8 Å². The summed E-state index contributed by atoms with van der Waals surface area (Å²) in [6.07, 6.45) is -8.48. The molecule has 0 N–H and O–H groups in total. The van der Waals surface area contributed by atoms with Crippen LogP contribution in [0.2, 0.25) is 0 Å². The molecule has 0 spiro atoms. The Morgan fingerprint density at radius 2 is 0.933 bits per heavy atom. The molecule has 0 radical (unpaired) electrons. The molecule has 0 aliphatic rings. The summed E-state index contributed by atoms with van der Waals surface area (Å²) < 4.78 is 53.2. The van der Waals surface area contributed by atoms with E-state index in [1.165, 1.54) is 0 Å². The molecular formula is C18H26O12. The van der Waals surface area contributed by atoms with Gasteiger partial charge in [0.25, 0.3) is 0 Å². The van der Waals surface area contributed by atoms with E-state index in [-0.39, 0.29) is 0 Å². The Kier molecular flexibility index (Phi) is 9.41. The molecule has 0 amide bonds. The van der Waals surface area contributed by atoms with Gasteiger partial charge in [-0.1, -0.05) is 0 Å². The van der Waals surface area contributed by atoms with Gasteiger partial charge in [0.05, 0.1) is 4.11 Å². The third-order valence-electron chi connectivity index (χ3n) is 2.83. The van der Waals surface area contributed by atoms with E-state index in [0.717, 1.165) is 41.5 Å². The van der Waals surface area contributed by atoms with E-state index in [1.54, 1.807) is 0 Å². The molecule has 170 valence electrons. The Labute approximate surface area is 177 Å². The van der Waals surface area contributed by atoms with E-state index in [2.05, 4.69) is 9.47 Å². The summed E-state index contributed by atoms with van der Waals surface area (Å²) in [5.41, 5.74) is 0. The topological polar surface area (TPSA) is 158 Å². The maximum atomic E-state index is 11.8. The van der Waals surface area contributed by atoms with Crippen molar-refractivity contribution in [3.05, 3.63) is 0 Å². The van der Waals surface area contributed by atoms with Gasteiger partial charge in [0.2, 0.25) is 0 Å². The van der Waals surface area contributed by atoms with Gasteiger partial charge in [-0.25, -0.2) is 0 Å². The lowest BCUT2D eigenvalue weighted by Crippen LogP contribution is -2.54. The molecule has 0 aromatic heterocycles. The van der Waals surface area contributed by atoms with E-state index in [9.17, 15) is 28.8 Å². The van der Waals surface area contributed by atoms with Crippen LogP contribution in [-0.4, -0.2) is 73.4 Å². The fraction of sp³-hybridized carbons (Fsp3) is 0.667. The summed E-state index contributed by atoms with van der Waals surface area (Å²) in [4.78, 5) is 69.7. The number of rotatable bonds is 11. The number of carbonyl (C=O) groups is 6. The summed E-state index contributed by atoms with van der Waals surface area (Å²) in [6.45, 7) is 0.0535. The van der Waals surface area contributed by atoms with Crippen LogP contribution in [0.5, 0.6) is 0 Å². The molecule has 0 saturated carbocycles. The Balaban J connectivity index is 6.82. The van der Waals surface area contributed by atoms with E-state index >= 15 is 0 Å². The molecule has 30 heavy (non-hydrogen) atoms. The SMILES string of the molecule is [2H]C(OC(C)=O)[C@H](OC(C)=O)[C@@H](OC(C)=O)[C@@H](OC(C)=O)[C@H](OC(C)=O)C([2H])([2H])OC(C)=O. The normalized spacial score (nSPS) is 17.2. The van der Waals surface area contributed by atoms with Crippen molar-refractivity contribution in [1.82, 2.24) is 0 Å². The van der Waals surface area contributed by atoms with Crippen molar-refractivity contribution in [3.8, 4) is 0 Å². The van der Waals surface area contributed by atoms with Gasteiger partial charge < -0.3 is 28.4 Å². The van der Waals surface area contributed by atoms with E-state index in [0.29, 0.717) is 0 Å². The summed E-state index contributed by atoms with van der Waals surface area (Å²) in [6, 6.07) is 0. The van der Waals surface area contributed by atoms with Crippen LogP contribution < -0.4 is 0 Å². The minimum atomic E-state index is -3.17. The average molecular weight is 437 g/mol. The second kappa shape index (κ2) is 13.1. The highest BCUT2D eigenvalue weighted by Crippen LogP contribution is 2.20. The molecule has 12 heteroatoms. The largest absolute Gasteiger partial charge is 0.462 e. The van der Waals surface area contributed by atoms with Crippen LogP contribution in [0.15, 0.2) is 0 Å². The molecule has 0 aliphatic carbocycles. The minimum absolute atomic E-state index is 0.843. The van der Waals surface area contributed by atoms with Gasteiger partial charge in [-0.05, 0) is 0 Å². The highest BCUT2D eigenvalue weighted by atomic mass is 16.6. The average Bonchev–Trinajstić information content (AvgIpc) is 2.58. The summed E-state index contributed by atoms with van der Waals surface area (Å²) in [5.74, 6) is -6.51. The van der Waals surface area contributed by atoms with Crippen molar-refractivity contribution in [3.63, 3.8) is 0 Å². The zero-order valence-electron chi connectivity index (χ0n) is 20.3. The van der Waals surface area contributed by atoms with Crippen molar-refractivity contribution < 1.29 is 61.3 Å². The van der Waals surface area contributed by atoms with Gasteiger partial charge in [0.15, 0.2) is 24.4 Å². The molecule has 0 heterocycles. The van der Waals surface area contributed by atoms with Gasteiger partial charge in [-0.15, -0.1) is 0 Å². The first kappa shape index (κ1) is 21.5. The number of hydrogen-bond acceptors (Lipinski definition) is 12. The molecule has 0 fully saturated rings. The highest BCUT2D eigenvalue weighted by Gasteiger charge is 2.44. The Hall–Kier alpha value is -3.18. The van der Waals surface area contributed by atoms with Gasteiger partial charge in [0.1, 0.15) is 13.1 Å². The zero-order valence-corrected chi connectivity index (χ0v) is 17.3. The molecule has 0 aliphatic heterocycles. The molecular weight excluding hydrogens is 408 g/mol. The summed E-state index contributed by atoms with van der Waals surface area (Å²) in [5, 5.41) is 0. The third kappa shape index (κ3) is 11.6. The number of carbonyl (C=O) groups excluding carboxylic acids is 6. The van der Waals surface area contributed by atoms with Gasteiger partial charge in [-0.3, -0.25) is 28.8 Å². The molecule has 0 rings (SSSR count). The van der Waals surface area contributed by atoms with E-state index in [4.69, 9.17) is 23.1 Å². The predicted octanol–water partition coefficient (Wildman–Crippen LogP) is -0.161. The standard InChI is InChI=1S/C18H26O12/c1-9(19)25-7-15(27-11(3)21)17(29-13(5)23)18(30-14(6)24)16(28-12(4)22)8-26-10(2)20/h15-18H,7-8H2,1-6H3/t15-,16+,17+,18-/i7D,8D2/t7?,15-,16+,17+,18-/m0/s1. The summed E-state index contributed by atoms with van der Waals surface area (Å²) >= 11 is 0. The van der Waals surface area contributed by atoms with Gasteiger partial charge in [-0.2, -0.15) is 0 Å². The Bertz CT molecular complexity index is 769. The van der Waals surface area contributed by atoms with Crippen molar-refractivity contribution in [1.29, 1.82) is 0 Å². The Morgan fingerprint density at radius 3 is 1.30 bits per heavy atom. The number of ether oxygens (including phenoxy) is 6. The summed E-state index contributed by atoms with van der Waals surface area (Å²) in [7, 11) is 0. The first-order valence-electron chi connectivity index (χ1n) is 10.0. The van der Waals surface area contributed by atoms with Crippen LogP contribution in [0.3, 0.4) is 0 Å². The smallest absolute Gasteiger partial charge is 0.303 e. The quantitative estimate of drug-likeness (QED) is 0.311. The lowest BCUT2D eigenvalue weighted by atomic mass is 10.0.